The minimum atomic E-state index is -0.212. The lowest BCUT2D eigenvalue weighted by Crippen LogP contribution is -2.13. The molecular formula is C19H17N5O. The summed E-state index contributed by atoms with van der Waals surface area (Å²) in [7, 11) is 0. The van der Waals surface area contributed by atoms with Crippen molar-refractivity contribution in [3.8, 4) is 11.3 Å². The van der Waals surface area contributed by atoms with E-state index in [0.717, 1.165) is 23.2 Å². The highest BCUT2D eigenvalue weighted by atomic mass is 16.1. The summed E-state index contributed by atoms with van der Waals surface area (Å²) in [6.07, 6.45) is 3.64. The molecule has 0 atom stereocenters. The van der Waals surface area contributed by atoms with Crippen LogP contribution in [0.5, 0.6) is 0 Å². The molecule has 2 aromatic carbocycles. The Bertz CT molecular complexity index is 1080. The molecule has 2 aromatic heterocycles. The van der Waals surface area contributed by atoms with Crippen LogP contribution < -0.4 is 11.3 Å². The van der Waals surface area contributed by atoms with E-state index in [9.17, 15) is 4.79 Å². The third-order valence-electron chi connectivity index (χ3n) is 4.26. The summed E-state index contributed by atoms with van der Waals surface area (Å²) in [6, 6.07) is 15.9. The van der Waals surface area contributed by atoms with Gasteiger partial charge in [0.15, 0.2) is 0 Å². The number of hydrogen-bond acceptors (Lipinski definition) is 4. The van der Waals surface area contributed by atoms with E-state index in [1.165, 1.54) is 5.56 Å². The van der Waals surface area contributed by atoms with E-state index in [0.29, 0.717) is 11.1 Å². The van der Waals surface area contributed by atoms with E-state index in [-0.39, 0.29) is 12.1 Å². The molecule has 0 spiro atoms. The predicted molar refractivity (Wildman–Crippen MR) is 97.0 cm³/mol. The van der Waals surface area contributed by atoms with Crippen LogP contribution in [-0.4, -0.2) is 19.7 Å². The number of hydrogen-bond donors (Lipinski definition) is 2. The van der Waals surface area contributed by atoms with Gasteiger partial charge in [-0.25, -0.2) is 10.1 Å². The molecule has 0 amide bonds. The molecule has 0 fully saturated rings. The highest BCUT2D eigenvalue weighted by Crippen LogP contribution is 2.24. The summed E-state index contributed by atoms with van der Waals surface area (Å²) in [5.74, 6) is 0. The largest absolute Gasteiger partial charge is 0.326 e. The molecule has 0 saturated heterocycles. The Labute approximate surface area is 144 Å². The Morgan fingerprint density at radius 3 is 2.72 bits per heavy atom. The number of rotatable bonds is 4. The normalized spacial score (nSPS) is 11.1. The first-order valence-corrected chi connectivity index (χ1v) is 8.02. The lowest BCUT2D eigenvalue weighted by molar-refractivity contribution is 0.805. The number of nitrogens with two attached hydrogens (primary N) is 1. The molecule has 4 rings (SSSR count). The zero-order valence-electron chi connectivity index (χ0n) is 13.5. The van der Waals surface area contributed by atoms with E-state index >= 15 is 0 Å². The van der Waals surface area contributed by atoms with Gasteiger partial charge in [0, 0.05) is 24.0 Å². The van der Waals surface area contributed by atoms with Gasteiger partial charge in [-0.15, -0.1) is 0 Å². The van der Waals surface area contributed by atoms with E-state index in [1.807, 2.05) is 48.9 Å². The maximum absolute atomic E-state index is 12.0. The van der Waals surface area contributed by atoms with Crippen molar-refractivity contribution in [2.24, 2.45) is 5.73 Å². The molecule has 0 aliphatic carbocycles. The van der Waals surface area contributed by atoms with E-state index in [4.69, 9.17) is 5.73 Å². The zero-order valence-corrected chi connectivity index (χ0v) is 13.5. The standard InChI is InChI=1S/C19H17N5O/c20-9-17-16-8-14(6-7-15(16)19(25)23-22-17)18-10-21-12-24(18)11-13-4-2-1-3-5-13/h1-8,10,12H,9,11,20H2,(H,23,25). The third kappa shape index (κ3) is 2.83. The third-order valence-corrected chi connectivity index (χ3v) is 4.26. The molecule has 0 aliphatic heterocycles. The number of H-pyrrole nitrogens is 1. The van der Waals surface area contributed by atoms with E-state index < -0.39 is 0 Å². The van der Waals surface area contributed by atoms with Crippen molar-refractivity contribution in [2.45, 2.75) is 13.1 Å². The highest BCUT2D eigenvalue weighted by Gasteiger charge is 2.10. The van der Waals surface area contributed by atoms with Gasteiger partial charge in [0.1, 0.15) is 0 Å². The van der Waals surface area contributed by atoms with Gasteiger partial charge in [0.25, 0.3) is 5.56 Å². The topological polar surface area (TPSA) is 89.6 Å². The fourth-order valence-electron chi connectivity index (χ4n) is 3.00. The summed E-state index contributed by atoms with van der Waals surface area (Å²) in [4.78, 5) is 16.3. The molecule has 25 heavy (non-hydrogen) atoms. The van der Waals surface area contributed by atoms with Gasteiger partial charge >= 0.3 is 0 Å². The minimum Gasteiger partial charge on any atom is -0.326 e. The van der Waals surface area contributed by atoms with Crippen LogP contribution in [0.3, 0.4) is 0 Å². The lowest BCUT2D eigenvalue weighted by Gasteiger charge is -2.10. The number of fused-ring (bicyclic) bond motifs is 1. The van der Waals surface area contributed by atoms with Crippen molar-refractivity contribution in [3.05, 3.63) is 82.7 Å². The molecule has 0 aliphatic rings. The first kappa shape index (κ1) is 15.3. The first-order valence-electron chi connectivity index (χ1n) is 8.02. The lowest BCUT2D eigenvalue weighted by atomic mass is 10.0. The maximum Gasteiger partial charge on any atom is 0.272 e. The van der Waals surface area contributed by atoms with E-state index in [2.05, 4.69) is 31.9 Å². The van der Waals surface area contributed by atoms with Crippen LogP contribution in [0, 0.1) is 0 Å². The van der Waals surface area contributed by atoms with Crippen molar-refractivity contribution in [1.82, 2.24) is 19.7 Å². The van der Waals surface area contributed by atoms with Crippen LogP contribution in [0.15, 0.2) is 65.8 Å². The number of nitrogens with zero attached hydrogens (tertiary/aromatic N) is 3. The molecule has 0 unspecified atom stereocenters. The fraction of sp³-hybridized carbons (Fsp3) is 0.105. The second kappa shape index (κ2) is 6.33. The summed E-state index contributed by atoms with van der Waals surface area (Å²) in [6.45, 7) is 0.992. The predicted octanol–water partition coefficient (Wildman–Crippen LogP) is 2.29. The summed E-state index contributed by atoms with van der Waals surface area (Å²) in [5, 5.41) is 7.91. The molecule has 6 nitrogen and oxygen atoms in total. The zero-order chi connectivity index (χ0) is 17.2. The van der Waals surface area contributed by atoms with Gasteiger partial charge in [-0.05, 0) is 17.7 Å². The Hall–Kier alpha value is -3.25. The number of aromatic amines is 1. The van der Waals surface area contributed by atoms with Crippen LogP contribution in [-0.2, 0) is 13.1 Å². The number of imidazole rings is 1. The Kier molecular flexibility index (Phi) is 3.87. The van der Waals surface area contributed by atoms with Gasteiger partial charge in [0.2, 0.25) is 0 Å². The Morgan fingerprint density at radius 2 is 1.92 bits per heavy atom. The maximum atomic E-state index is 12.0. The molecule has 3 N–H and O–H groups in total. The average Bonchev–Trinajstić information content (AvgIpc) is 3.11. The molecule has 4 aromatic rings. The molecule has 0 saturated carbocycles. The number of benzene rings is 2. The number of nitrogens with one attached hydrogen (secondary N) is 1. The van der Waals surface area contributed by atoms with Crippen LogP contribution in [0.25, 0.3) is 22.0 Å². The van der Waals surface area contributed by atoms with Gasteiger partial charge in [0.05, 0.1) is 29.3 Å². The SMILES string of the molecule is NCc1n[nH]c(=O)c2ccc(-c3cncn3Cc3ccccc3)cc12. The monoisotopic (exact) mass is 331 g/mol. The van der Waals surface area contributed by atoms with Gasteiger partial charge in [-0.3, -0.25) is 4.79 Å². The molecule has 2 heterocycles. The molecule has 6 heteroatoms. The van der Waals surface area contributed by atoms with E-state index in [1.54, 1.807) is 0 Å². The highest BCUT2D eigenvalue weighted by molar-refractivity contribution is 5.87. The van der Waals surface area contributed by atoms with Gasteiger partial charge in [-0.1, -0.05) is 36.4 Å². The molecule has 124 valence electrons. The molecule has 0 bridgehead atoms. The number of aromatic nitrogens is 4. The quantitative estimate of drug-likeness (QED) is 0.600. The molecule has 0 radical (unpaired) electrons. The van der Waals surface area contributed by atoms with Crippen molar-refractivity contribution in [2.75, 3.05) is 0 Å². The molecular weight excluding hydrogens is 314 g/mol. The Morgan fingerprint density at radius 1 is 1.08 bits per heavy atom. The first-order chi connectivity index (χ1) is 12.3. The van der Waals surface area contributed by atoms with Crippen molar-refractivity contribution in [3.63, 3.8) is 0 Å². The van der Waals surface area contributed by atoms with Crippen molar-refractivity contribution in [1.29, 1.82) is 0 Å². The van der Waals surface area contributed by atoms with Crippen LogP contribution in [0.1, 0.15) is 11.3 Å². The van der Waals surface area contributed by atoms with Gasteiger partial charge < -0.3 is 10.3 Å². The van der Waals surface area contributed by atoms with Gasteiger partial charge in [-0.2, -0.15) is 5.10 Å². The van der Waals surface area contributed by atoms with Crippen LogP contribution in [0.4, 0.5) is 0 Å². The minimum absolute atomic E-state index is 0.212. The second-order valence-electron chi connectivity index (χ2n) is 5.86. The van der Waals surface area contributed by atoms with Crippen molar-refractivity contribution >= 4 is 10.8 Å². The average molecular weight is 331 g/mol. The summed E-state index contributed by atoms with van der Waals surface area (Å²) < 4.78 is 2.08. The summed E-state index contributed by atoms with van der Waals surface area (Å²) >= 11 is 0. The van der Waals surface area contributed by atoms with Crippen LogP contribution >= 0.6 is 0 Å². The van der Waals surface area contributed by atoms with Crippen LogP contribution in [0.2, 0.25) is 0 Å². The summed E-state index contributed by atoms with van der Waals surface area (Å²) in [5.41, 5.74) is 9.38. The smallest absolute Gasteiger partial charge is 0.272 e. The fourth-order valence-corrected chi connectivity index (χ4v) is 3.00. The Balaban J connectivity index is 1.81. The van der Waals surface area contributed by atoms with Crippen molar-refractivity contribution < 1.29 is 0 Å². The second-order valence-corrected chi connectivity index (χ2v) is 5.86.